The van der Waals surface area contributed by atoms with Crippen LogP contribution < -0.4 is 26.6 Å². The number of hydrogen-bond acceptors (Lipinski definition) is 11. The Morgan fingerprint density at radius 3 is 2.42 bits per heavy atom. The number of hydroxylamine groups is 2. The summed E-state index contributed by atoms with van der Waals surface area (Å²) in [5.41, 5.74) is 0.298. The van der Waals surface area contributed by atoms with Crippen LogP contribution in [0.25, 0.3) is 0 Å². The number of aliphatic hydroxyl groups excluding tert-OH is 2. The Bertz CT molecular complexity index is 1490. The summed E-state index contributed by atoms with van der Waals surface area (Å²) in [5.74, 6) is 1.46. The van der Waals surface area contributed by atoms with Crippen molar-refractivity contribution in [1.29, 1.82) is 0 Å². The van der Waals surface area contributed by atoms with Crippen LogP contribution in [0.2, 0.25) is 0 Å². The highest BCUT2D eigenvalue weighted by molar-refractivity contribution is 5.88. The lowest BCUT2D eigenvalue weighted by atomic mass is 9.45. The molecule has 2 bridgehead atoms. The van der Waals surface area contributed by atoms with E-state index < -0.39 is 30.2 Å². The molecule has 14 nitrogen and oxygen atoms in total. The third kappa shape index (κ3) is 10.7. The quantitative estimate of drug-likeness (QED) is 0.114. The summed E-state index contributed by atoms with van der Waals surface area (Å²) in [4.78, 5) is 51.4. The van der Waals surface area contributed by atoms with Crippen LogP contribution in [-0.4, -0.2) is 141 Å². The monoisotopic (exact) mass is 872 g/mol. The zero-order chi connectivity index (χ0) is 44.3. The molecular formula is C48H85N7O7. The maximum Gasteiger partial charge on any atom is 0.242 e. The zero-order valence-electron chi connectivity index (χ0n) is 39.3. The van der Waals surface area contributed by atoms with Gasteiger partial charge in [-0.2, -0.15) is 5.06 Å². The van der Waals surface area contributed by atoms with Crippen molar-refractivity contribution in [1.82, 2.24) is 36.5 Å². The third-order valence-electron chi connectivity index (χ3n) is 17.8. The van der Waals surface area contributed by atoms with Gasteiger partial charge in [-0.1, -0.05) is 59.3 Å². The van der Waals surface area contributed by atoms with Crippen LogP contribution in [0.4, 0.5) is 0 Å². The summed E-state index contributed by atoms with van der Waals surface area (Å²) in [7, 11) is 6.01. The van der Waals surface area contributed by atoms with Crippen LogP contribution in [0, 0.1) is 58.7 Å². The van der Waals surface area contributed by atoms with E-state index in [0.717, 1.165) is 77.4 Å². The van der Waals surface area contributed by atoms with Crippen molar-refractivity contribution in [3.63, 3.8) is 0 Å². The number of ether oxygens (including phenoxy) is 1. The fourth-order valence-corrected chi connectivity index (χ4v) is 13.9. The van der Waals surface area contributed by atoms with Gasteiger partial charge in [0.1, 0.15) is 18.2 Å². The van der Waals surface area contributed by atoms with Crippen molar-refractivity contribution in [2.24, 2.45) is 58.7 Å². The first-order valence-corrected chi connectivity index (χ1v) is 24.9. The summed E-state index contributed by atoms with van der Waals surface area (Å²) in [5, 5.41) is 40.0. The van der Waals surface area contributed by atoms with E-state index in [4.69, 9.17) is 9.57 Å². The Kier molecular flexibility index (Phi) is 16.4. The molecule has 8 rings (SSSR count). The number of nitrogens with one attached hydrogen (secondary N) is 5. The molecule has 7 N–H and O–H groups in total. The van der Waals surface area contributed by atoms with Gasteiger partial charge in [-0.3, -0.25) is 19.2 Å². The first-order valence-electron chi connectivity index (χ1n) is 24.9. The molecule has 2 saturated heterocycles. The average Bonchev–Trinajstić information content (AvgIpc) is 3.92. The van der Waals surface area contributed by atoms with Gasteiger partial charge < -0.3 is 46.4 Å². The fraction of sp³-hybridized carbons (Fsp3) is 0.938. The minimum atomic E-state index is -0.852. The van der Waals surface area contributed by atoms with E-state index >= 15 is 0 Å². The molecule has 8 fully saturated rings. The third-order valence-corrected chi connectivity index (χ3v) is 17.8. The fourth-order valence-electron chi connectivity index (χ4n) is 13.9. The zero-order valence-corrected chi connectivity index (χ0v) is 39.3. The van der Waals surface area contributed by atoms with Crippen LogP contribution in [0.5, 0.6) is 0 Å². The molecule has 7 unspecified atom stereocenters. The molecule has 0 aromatic heterocycles. The topological polar surface area (TPSA) is 177 Å². The highest BCUT2D eigenvalue weighted by Gasteiger charge is 2.58. The Morgan fingerprint density at radius 1 is 1.00 bits per heavy atom. The van der Waals surface area contributed by atoms with Crippen molar-refractivity contribution < 1.29 is 34.2 Å². The van der Waals surface area contributed by atoms with Crippen LogP contribution in [0.15, 0.2) is 0 Å². The number of aliphatic hydroxyl groups is 2. The minimum Gasteiger partial charge on any atom is -0.394 e. The van der Waals surface area contributed by atoms with E-state index in [9.17, 15) is 24.6 Å². The van der Waals surface area contributed by atoms with Crippen LogP contribution in [0.3, 0.4) is 0 Å². The molecule has 2 aliphatic heterocycles. The molecule has 6 aliphatic carbocycles. The SMILES string of the molecule is COC1C(CN2O[C@@H](CO)[C@@H]([C@H](C)O)[C@H]2C(=O)N[C@H]2C[C@H]3C[C@@H]([C@@H]2C)C3(C)C)CCCC1C1CC(C(=O)N[C@H](CC2CCCCC2)C(=O)NCCC2CNCN2)CC(N(C)C)C1. The normalized spacial score (nSPS) is 39.8. The van der Waals surface area contributed by atoms with Gasteiger partial charge in [-0.25, -0.2) is 0 Å². The molecule has 16 atom stereocenters. The first kappa shape index (κ1) is 48.0. The Morgan fingerprint density at radius 2 is 1.77 bits per heavy atom. The van der Waals surface area contributed by atoms with E-state index in [-0.39, 0.29) is 66.2 Å². The standard InChI is InChI=1S/C48H85N7O7/c1-28-38-22-34(48(38,3)4)23-39(28)52-47(60)43-42(29(2)57)41(26-56)62-55(43)25-31-14-11-15-37(44(31)61-7)32-19-33(21-36(20-32)54(5)6)45(58)53-40(18-30-12-9-8-10-13-30)46(59)50-17-16-35-24-49-27-51-35/h28-44,49,51,56-57H,8-27H2,1-7H3,(H,50,59)(H,52,60)(H,53,58)/t28-,29-,31?,32?,33?,34+,35?,36?,37?,38-,39-,40+,41-,42+,43-,44?/m0/s1. The second kappa shape index (κ2) is 21.2. The van der Waals surface area contributed by atoms with Crippen molar-refractivity contribution in [2.45, 2.75) is 173 Å². The molecule has 62 heavy (non-hydrogen) atoms. The number of carbonyl (C=O) groups is 3. The second-order valence-corrected chi connectivity index (χ2v) is 22.0. The molecule has 14 heteroatoms. The van der Waals surface area contributed by atoms with Gasteiger partial charge in [-0.15, -0.1) is 0 Å². The van der Waals surface area contributed by atoms with Crippen molar-refractivity contribution in [3.8, 4) is 0 Å². The van der Waals surface area contributed by atoms with E-state index in [1.807, 2.05) is 0 Å². The first-order chi connectivity index (χ1) is 29.7. The van der Waals surface area contributed by atoms with Crippen molar-refractivity contribution >= 4 is 17.7 Å². The van der Waals surface area contributed by atoms with Gasteiger partial charge in [0, 0.05) is 69.3 Å². The Hall–Kier alpha value is -1.91. The van der Waals surface area contributed by atoms with Gasteiger partial charge >= 0.3 is 0 Å². The van der Waals surface area contributed by atoms with E-state index in [2.05, 4.69) is 66.4 Å². The van der Waals surface area contributed by atoms with Crippen molar-refractivity contribution in [3.05, 3.63) is 0 Å². The maximum atomic E-state index is 14.5. The molecular weight excluding hydrogens is 787 g/mol. The Labute approximate surface area is 372 Å². The summed E-state index contributed by atoms with van der Waals surface area (Å²) >= 11 is 0. The summed E-state index contributed by atoms with van der Waals surface area (Å²) in [6.07, 6.45) is 13.2. The minimum absolute atomic E-state index is 0.00724. The van der Waals surface area contributed by atoms with E-state index in [1.165, 1.54) is 25.7 Å². The number of rotatable bonds is 17. The van der Waals surface area contributed by atoms with Gasteiger partial charge in [0.2, 0.25) is 17.7 Å². The van der Waals surface area contributed by atoms with Crippen LogP contribution in [0.1, 0.15) is 124 Å². The summed E-state index contributed by atoms with van der Waals surface area (Å²) in [6.45, 7) is 11.1. The van der Waals surface area contributed by atoms with Gasteiger partial charge in [0.05, 0.1) is 18.8 Å². The molecule has 3 amide bonds. The Balaban J connectivity index is 1.03. The lowest BCUT2D eigenvalue weighted by Gasteiger charge is -2.62. The molecule has 0 aromatic carbocycles. The highest BCUT2D eigenvalue weighted by atomic mass is 16.7. The van der Waals surface area contributed by atoms with Crippen molar-refractivity contribution in [2.75, 3.05) is 54.1 Å². The number of carbonyl (C=O) groups excluding carboxylic acids is 3. The predicted molar refractivity (Wildman–Crippen MR) is 239 cm³/mol. The molecule has 8 aliphatic rings. The van der Waals surface area contributed by atoms with Gasteiger partial charge in [-0.05, 0) is 120 Å². The second-order valence-electron chi connectivity index (χ2n) is 22.0. The molecule has 354 valence electrons. The van der Waals surface area contributed by atoms with Gasteiger partial charge in [0.15, 0.2) is 0 Å². The largest absolute Gasteiger partial charge is 0.394 e. The number of nitrogens with zero attached hydrogens (tertiary/aromatic N) is 2. The van der Waals surface area contributed by atoms with E-state index in [0.29, 0.717) is 54.6 Å². The lowest BCUT2D eigenvalue weighted by Crippen LogP contribution is -2.62. The molecule has 0 aromatic rings. The predicted octanol–water partition coefficient (Wildman–Crippen LogP) is 3.41. The number of hydrogen-bond donors (Lipinski definition) is 7. The highest BCUT2D eigenvalue weighted by Crippen LogP contribution is 2.61. The molecule has 0 spiro atoms. The number of amides is 3. The number of fused-ring (bicyclic) bond motifs is 2. The van der Waals surface area contributed by atoms with Gasteiger partial charge in [0.25, 0.3) is 0 Å². The molecule has 6 saturated carbocycles. The average molecular weight is 872 g/mol. The molecule has 2 heterocycles. The maximum absolute atomic E-state index is 14.5. The molecule has 0 radical (unpaired) electrons. The summed E-state index contributed by atoms with van der Waals surface area (Å²) in [6, 6.07) is -0.646. The smallest absolute Gasteiger partial charge is 0.242 e. The lowest BCUT2D eigenvalue weighted by molar-refractivity contribution is -0.193. The van der Waals surface area contributed by atoms with Crippen LogP contribution >= 0.6 is 0 Å². The van der Waals surface area contributed by atoms with Crippen LogP contribution in [-0.2, 0) is 24.0 Å². The number of methoxy groups -OCH3 is 1. The summed E-state index contributed by atoms with van der Waals surface area (Å²) < 4.78 is 6.46. The van der Waals surface area contributed by atoms with E-state index in [1.54, 1.807) is 19.1 Å².